The van der Waals surface area contributed by atoms with Crippen LogP contribution in [0.5, 0.6) is 0 Å². The van der Waals surface area contributed by atoms with Gasteiger partial charge < -0.3 is 5.73 Å². The molecule has 110 valence electrons. The van der Waals surface area contributed by atoms with Crippen LogP contribution in [-0.4, -0.2) is 21.3 Å². The lowest BCUT2D eigenvalue weighted by Crippen LogP contribution is -2.07. The zero-order valence-electron chi connectivity index (χ0n) is 11.2. The Morgan fingerprint density at radius 3 is 2.40 bits per heavy atom. The van der Waals surface area contributed by atoms with Crippen molar-refractivity contribution in [3.05, 3.63) is 42.0 Å². The molecular formula is C14H20Cl2N4. The van der Waals surface area contributed by atoms with E-state index < -0.39 is 0 Å². The summed E-state index contributed by atoms with van der Waals surface area (Å²) in [5.74, 6) is 2.76. The molecule has 1 saturated carbocycles. The lowest BCUT2D eigenvalue weighted by atomic mass is 10.2. The van der Waals surface area contributed by atoms with E-state index >= 15 is 0 Å². The minimum absolute atomic E-state index is 0. The molecule has 0 amide bonds. The zero-order chi connectivity index (χ0) is 12.4. The van der Waals surface area contributed by atoms with Crippen molar-refractivity contribution in [3.63, 3.8) is 0 Å². The first-order valence-electron chi connectivity index (χ1n) is 6.60. The third-order valence-electron chi connectivity index (χ3n) is 3.32. The fraction of sp³-hybridized carbons (Fsp3) is 0.429. The number of nitrogens with zero attached hydrogens (tertiary/aromatic N) is 3. The number of hydrogen-bond donors (Lipinski definition) is 1. The maximum absolute atomic E-state index is 5.59. The molecule has 1 aliphatic rings. The molecule has 1 aromatic carbocycles. The van der Waals surface area contributed by atoms with Crippen LogP contribution >= 0.6 is 24.8 Å². The zero-order valence-corrected chi connectivity index (χ0v) is 12.9. The maximum Gasteiger partial charge on any atom is 0.140 e. The Kier molecular flexibility index (Phi) is 6.46. The average molecular weight is 315 g/mol. The summed E-state index contributed by atoms with van der Waals surface area (Å²) in [7, 11) is 0. The molecule has 6 heteroatoms. The van der Waals surface area contributed by atoms with Crippen molar-refractivity contribution in [2.24, 2.45) is 5.73 Å². The Morgan fingerprint density at radius 1 is 1.10 bits per heavy atom. The SMILES string of the molecule is Cl.Cl.NCCCc1nnc(C2CC2)n1-c1ccccc1. The van der Waals surface area contributed by atoms with Gasteiger partial charge in [-0.05, 0) is 37.9 Å². The predicted octanol–water partition coefficient (Wildman–Crippen LogP) is 2.88. The Bertz CT molecular complexity index is 523. The molecule has 20 heavy (non-hydrogen) atoms. The van der Waals surface area contributed by atoms with Crippen LogP contribution in [0, 0.1) is 0 Å². The minimum Gasteiger partial charge on any atom is -0.330 e. The third-order valence-corrected chi connectivity index (χ3v) is 3.32. The molecule has 0 aliphatic heterocycles. The first kappa shape index (κ1) is 17.0. The van der Waals surface area contributed by atoms with Gasteiger partial charge in [0.25, 0.3) is 0 Å². The summed E-state index contributed by atoms with van der Waals surface area (Å²) in [6.07, 6.45) is 4.32. The normalized spacial score (nSPS) is 13.4. The lowest BCUT2D eigenvalue weighted by molar-refractivity contribution is 0.752. The maximum atomic E-state index is 5.59. The van der Waals surface area contributed by atoms with Crippen LogP contribution < -0.4 is 5.73 Å². The monoisotopic (exact) mass is 314 g/mol. The molecule has 0 atom stereocenters. The number of rotatable bonds is 5. The van der Waals surface area contributed by atoms with E-state index in [-0.39, 0.29) is 24.8 Å². The van der Waals surface area contributed by atoms with Gasteiger partial charge in [0.1, 0.15) is 11.6 Å². The van der Waals surface area contributed by atoms with E-state index in [4.69, 9.17) is 5.73 Å². The van der Waals surface area contributed by atoms with Crippen LogP contribution in [0.2, 0.25) is 0 Å². The van der Waals surface area contributed by atoms with Gasteiger partial charge in [0, 0.05) is 18.0 Å². The van der Waals surface area contributed by atoms with Gasteiger partial charge >= 0.3 is 0 Å². The second-order valence-corrected chi connectivity index (χ2v) is 4.81. The molecule has 2 aromatic rings. The summed E-state index contributed by atoms with van der Waals surface area (Å²) >= 11 is 0. The summed E-state index contributed by atoms with van der Waals surface area (Å²) < 4.78 is 2.22. The highest BCUT2D eigenvalue weighted by atomic mass is 35.5. The van der Waals surface area contributed by atoms with Crippen LogP contribution in [-0.2, 0) is 6.42 Å². The van der Waals surface area contributed by atoms with Crippen LogP contribution in [0.3, 0.4) is 0 Å². The molecule has 1 aromatic heterocycles. The van der Waals surface area contributed by atoms with Gasteiger partial charge in [0.15, 0.2) is 0 Å². The number of hydrogen-bond acceptors (Lipinski definition) is 3. The lowest BCUT2D eigenvalue weighted by Gasteiger charge is -2.09. The van der Waals surface area contributed by atoms with Gasteiger partial charge in [0.2, 0.25) is 0 Å². The Hall–Kier alpha value is -1.10. The molecule has 0 saturated heterocycles. The van der Waals surface area contributed by atoms with Crippen LogP contribution in [0.15, 0.2) is 30.3 Å². The van der Waals surface area contributed by atoms with E-state index in [9.17, 15) is 0 Å². The summed E-state index contributed by atoms with van der Waals surface area (Å²) in [6.45, 7) is 0.695. The Morgan fingerprint density at radius 2 is 1.80 bits per heavy atom. The number of para-hydroxylation sites is 1. The number of nitrogens with two attached hydrogens (primary N) is 1. The average Bonchev–Trinajstić information content (AvgIpc) is 3.18. The first-order valence-corrected chi connectivity index (χ1v) is 6.60. The van der Waals surface area contributed by atoms with Crippen molar-refractivity contribution in [3.8, 4) is 5.69 Å². The van der Waals surface area contributed by atoms with Gasteiger partial charge in [-0.15, -0.1) is 35.0 Å². The molecule has 1 heterocycles. The van der Waals surface area contributed by atoms with Crippen molar-refractivity contribution in [2.45, 2.75) is 31.6 Å². The van der Waals surface area contributed by atoms with Crippen LogP contribution in [0.25, 0.3) is 5.69 Å². The quantitative estimate of drug-likeness (QED) is 0.923. The first-order chi connectivity index (χ1) is 8.90. The number of aromatic nitrogens is 3. The smallest absolute Gasteiger partial charge is 0.140 e. The summed E-state index contributed by atoms with van der Waals surface area (Å²) in [5, 5.41) is 8.73. The van der Waals surface area contributed by atoms with Crippen molar-refractivity contribution >= 4 is 24.8 Å². The second-order valence-electron chi connectivity index (χ2n) is 4.81. The highest BCUT2D eigenvalue weighted by Gasteiger charge is 2.30. The van der Waals surface area contributed by atoms with Crippen molar-refractivity contribution in [2.75, 3.05) is 6.54 Å². The van der Waals surface area contributed by atoms with Crippen LogP contribution in [0.1, 0.15) is 36.8 Å². The minimum atomic E-state index is 0. The predicted molar refractivity (Wildman–Crippen MR) is 85.2 cm³/mol. The molecule has 0 spiro atoms. The van der Waals surface area contributed by atoms with E-state index in [1.54, 1.807) is 0 Å². The molecule has 0 radical (unpaired) electrons. The van der Waals surface area contributed by atoms with Crippen molar-refractivity contribution in [1.29, 1.82) is 0 Å². The summed E-state index contributed by atoms with van der Waals surface area (Å²) in [5.41, 5.74) is 6.75. The summed E-state index contributed by atoms with van der Waals surface area (Å²) in [6, 6.07) is 10.4. The van der Waals surface area contributed by atoms with E-state index in [0.29, 0.717) is 12.5 Å². The van der Waals surface area contributed by atoms with E-state index in [1.807, 2.05) is 6.07 Å². The molecular weight excluding hydrogens is 295 g/mol. The standard InChI is InChI=1S/C14H18N4.2ClH/c15-10-4-7-13-16-17-14(11-8-9-11)18(13)12-5-2-1-3-6-12;;/h1-3,5-6,11H,4,7-10,15H2;2*1H. The number of benzene rings is 1. The summed E-state index contributed by atoms with van der Waals surface area (Å²) in [4.78, 5) is 0. The molecule has 0 bridgehead atoms. The van der Waals surface area contributed by atoms with Gasteiger partial charge in [-0.1, -0.05) is 18.2 Å². The van der Waals surface area contributed by atoms with Crippen molar-refractivity contribution in [1.82, 2.24) is 14.8 Å². The Balaban J connectivity index is 0.000001000. The van der Waals surface area contributed by atoms with Gasteiger partial charge in [-0.25, -0.2) is 0 Å². The highest BCUT2D eigenvalue weighted by Crippen LogP contribution is 2.40. The largest absolute Gasteiger partial charge is 0.330 e. The fourth-order valence-electron chi connectivity index (χ4n) is 2.22. The number of halogens is 2. The topological polar surface area (TPSA) is 56.7 Å². The molecule has 4 nitrogen and oxygen atoms in total. The molecule has 0 unspecified atom stereocenters. The van der Waals surface area contributed by atoms with Crippen molar-refractivity contribution < 1.29 is 0 Å². The van der Waals surface area contributed by atoms with E-state index in [1.165, 1.54) is 12.8 Å². The van der Waals surface area contributed by atoms with Gasteiger partial charge in [-0.2, -0.15) is 0 Å². The molecule has 3 rings (SSSR count). The molecule has 1 fully saturated rings. The molecule has 1 aliphatic carbocycles. The van der Waals surface area contributed by atoms with Gasteiger partial charge in [0.05, 0.1) is 0 Å². The van der Waals surface area contributed by atoms with Crippen LogP contribution in [0.4, 0.5) is 0 Å². The molecule has 2 N–H and O–H groups in total. The fourth-order valence-corrected chi connectivity index (χ4v) is 2.22. The van der Waals surface area contributed by atoms with E-state index in [2.05, 4.69) is 39.0 Å². The third kappa shape index (κ3) is 3.51. The number of aryl methyl sites for hydroxylation is 1. The van der Waals surface area contributed by atoms with E-state index in [0.717, 1.165) is 30.2 Å². The second kappa shape index (κ2) is 7.62. The Labute approximate surface area is 131 Å². The highest BCUT2D eigenvalue weighted by molar-refractivity contribution is 5.85. The van der Waals surface area contributed by atoms with Gasteiger partial charge in [-0.3, -0.25) is 4.57 Å².